The minimum absolute atomic E-state index is 0.00240. The van der Waals surface area contributed by atoms with Crippen LogP contribution in [0.25, 0.3) is 0 Å². The average molecular weight is 381 g/mol. The zero-order chi connectivity index (χ0) is 14.2. The summed E-state index contributed by atoms with van der Waals surface area (Å²) < 4.78 is 26.4. The summed E-state index contributed by atoms with van der Waals surface area (Å²) >= 11 is 1.75. The van der Waals surface area contributed by atoms with Crippen LogP contribution in [0.15, 0.2) is 18.2 Å². The molecule has 0 aliphatic carbocycles. The number of aromatic carboxylic acids is 1. The minimum Gasteiger partial charge on any atom is -0.478 e. The van der Waals surface area contributed by atoms with Crippen molar-refractivity contribution < 1.29 is 23.5 Å². The predicted molar refractivity (Wildman–Crippen MR) is 71.6 cm³/mol. The number of nitrogens with zero attached hydrogens (tertiary/aromatic N) is 1. The van der Waals surface area contributed by atoms with Crippen LogP contribution in [-0.4, -0.2) is 40.9 Å². The Morgan fingerprint density at radius 2 is 1.95 bits per heavy atom. The Labute approximate surface area is 121 Å². The van der Waals surface area contributed by atoms with Crippen molar-refractivity contribution >= 4 is 34.5 Å². The highest BCUT2D eigenvalue weighted by molar-refractivity contribution is 14.1. The van der Waals surface area contributed by atoms with Crippen LogP contribution in [0.1, 0.15) is 27.1 Å². The number of carbonyl (C=O) groups excluding carboxylic acids is 1. The Morgan fingerprint density at radius 1 is 1.32 bits per heavy atom. The van der Waals surface area contributed by atoms with E-state index >= 15 is 0 Å². The topological polar surface area (TPSA) is 57.6 Å². The number of carboxylic acids is 1. The first-order valence-electron chi connectivity index (χ1n) is 5.51. The van der Waals surface area contributed by atoms with Gasteiger partial charge < -0.3 is 10.0 Å². The Kier molecular flexibility index (Phi) is 3.75. The Balaban J connectivity index is 2.30. The van der Waals surface area contributed by atoms with Gasteiger partial charge in [0.1, 0.15) is 0 Å². The van der Waals surface area contributed by atoms with Crippen LogP contribution in [0, 0.1) is 3.57 Å². The van der Waals surface area contributed by atoms with Crippen molar-refractivity contribution in [3.8, 4) is 0 Å². The van der Waals surface area contributed by atoms with Crippen molar-refractivity contribution in [2.45, 2.75) is 12.3 Å². The molecule has 1 aliphatic heterocycles. The highest BCUT2D eigenvalue weighted by Crippen LogP contribution is 2.29. The summed E-state index contributed by atoms with van der Waals surface area (Å²) in [6.45, 7) is -0.627. The number of carbonyl (C=O) groups is 2. The Morgan fingerprint density at radius 3 is 2.47 bits per heavy atom. The predicted octanol–water partition coefficient (Wildman–Crippen LogP) is 2.47. The number of hydrogen-bond donors (Lipinski definition) is 1. The highest BCUT2D eigenvalue weighted by Gasteiger charge is 2.40. The van der Waals surface area contributed by atoms with Crippen LogP contribution in [0.4, 0.5) is 8.78 Å². The second-order valence-electron chi connectivity index (χ2n) is 4.30. The molecule has 0 spiro atoms. The maximum absolute atomic E-state index is 13.1. The van der Waals surface area contributed by atoms with E-state index < -0.39 is 24.3 Å². The van der Waals surface area contributed by atoms with E-state index in [4.69, 9.17) is 5.11 Å². The first-order chi connectivity index (χ1) is 8.82. The number of hydrogen-bond acceptors (Lipinski definition) is 2. The number of halogens is 3. The number of likely N-dealkylation sites (tertiary alicyclic amines) is 1. The summed E-state index contributed by atoms with van der Waals surface area (Å²) in [5, 5.41) is 8.97. The summed E-state index contributed by atoms with van der Waals surface area (Å²) in [6, 6.07) is 4.26. The van der Waals surface area contributed by atoms with Gasteiger partial charge in [-0.3, -0.25) is 4.79 Å². The van der Waals surface area contributed by atoms with Crippen molar-refractivity contribution in [1.29, 1.82) is 0 Å². The molecule has 1 amide bonds. The van der Waals surface area contributed by atoms with Gasteiger partial charge >= 0.3 is 5.97 Å². The molecule has 0 bridgehead atoms. The highest BCUT2D eigenvalue weighted by atomic mass is 127. The van der Waals surface area contributed by atoms with Gasteiger partial charge in [0.05, 0.1) is 17.7 Å². The maximum atomic E-state index is 13.1. The van der Waals surface area contributed by atoms with Crippen molar-refractivity contribution in [1.82, 2.24) is 4.90 Å². The van der Waals surface area contributed by atoms with E-state index in [0.717, 1.165) is 4.90 Å². The van der Waals surface area contributed by atoms with Gasteiger partial charge in [-0.05, 0) is 34.7 Å². The van der Waals surface area contributed by atoms with Crippen LogP contribution >= 0.6 is 22.6 Å². The van der Waals surface area contributed by atoms with E-state index in [2.05, 4.69) is 0 Å². The fourth-order valence-electron chi connectivity index (χ4n) is 1.94. The van der Waals surface area contributed by atoms with Gasteiger partial charge in [-0.15, -0.1) is 0 Å². The van der Waals surface area contributed by atoms with Crippen molar-refractivity contribution in [3.05, 3.63) is 32.9 Å². The molecule has 19 heavy (non-hydrogen) atoms. The molecule has 1 aromatic carbocycles. The normalized spacial score (nSPS) is 17.5. The summed E-state index contributed by atoms with van der Waals surface area (Å²) in [7, 11) is 0. The van der Waals surface area contributed by atoms with Crippen LogP contribution in [0.3, 0.4) is 0 Å². The third-order valence-corrected chi connectivity index (χ3v) is 4.08. The van der Waals surface area contributed by atoms with E-state index in [1.165, 1.54) is 18.2 Å². The molecule has 4 nitrogen and oxygen atoms in total. The number of benzene rings is 1. The lowest BCUT2D eigenvalue weighted by Crippen LogP contribution is -2.32. The van der Waals surface area contributed by atoms with Crippen LogP contribution in [0.2, 0.25) is 0 Å². The fourth-order valence-corrected chi connectivity index (χ4v) is 2.76. The number of carboxylic acid groups (broad SMARTS) is 1. The van der Waals surface area contributed by atoms with E-state index in [9.17, 15) is 18.4 Å². The molecule has 7 heteroatoms. The summed E-state index contributed by atoms with van der Waals surface area (Å²) in [5.74, 6) is -4.55. The second-order valence-corrected chi connectivity index (χ2v) is 5.38. The molecule has 1 aliphatic rings. The van der Waals surface area contributed by atoms with Crippen molar-refractivity contribution in [2.24, 2.45) is 0 Å². The van der Waals surface area contributed by atoms with Gasteiger partial charge in [-0.25, -0.2) is 13.6 Å². The van der Waals surface area contributed by atoms with E-state index in [-0.39, 0.29) is 27.7 Å². The summed E-state index contributed by atoms with van der Waals surface area (Å²) in [4.78, 5) is 24.2. The third-order valence-electron chi connectivity index (χ3n) is 2.92. The third kappa shape index (κ3) is 2.85. The van der Waals surface area contributed by atoms with Gasteiger partial charge in [-0.2, -0.15) is 0 Å². The monoisotopic (exact) mass is 381 g/mol. The van der Waals surface area contributed by atoms with Gasteiger partial charge in [-0.1, -0.05) is 6.07 Å². The molecular formula is C12H10F2INO3. The zero-order valence-electron chi connectivity index (χ0n) is 9.70. The van der Waals surface area contributed by atoms with E-state index in [0.29, 0.717) is 0 Å². The van der Waals surface area contributed by atoms with E-state index in [1.807, 2.05) is 0 Å². The smallest absolute Gasteiger partial charge is 0.336 e. The Hall–Kier alpha value is -1.25. The molecule has 0 saturated carbocycles. The number of rotatable bonds is 2. The average Bonchev–Trinajstić information content (AvgIpc) is 2.69. The van der Waals surface area contributed by atoms with Gasteiger partial charge in [0.15, 0.2) is 0 Å². The summed E-state index contributed by atoms with van der Waals surface area (Å²) in [5.41, 5.74) is 0.149. The SMILES string of the molecule is O=C(O)c1cccc(C(=O)N2CCC(F)(F)C2)c1I. The first kappa shape index (κ1) is 14.2. The fraction of sp³-hybridized carbons (Fsp3) is 0.333. The van der Waals surface area contributed by atoms with Crippen LogP contribution < -0.4 is 0 Å². The Bertz CT molecular complexity index is 548. The minimum atomic E-state index is -2.86. The first-order valence-corrected chi connectivity index (χ1v) is 6.58. The van der Waals surface area contributed by atoms with Gasteiger partial charge in [0.25, 0.3) is 11.8 Å². The lowest BCUT2D eigenvalue weighted by atomic mass is 10.1. The van der Waals surface area contributed by atoms with Crippen LogP contribution in [0.5, 0.6) is 0 Å². The molecule has 1 heterocycles. The zero-order valence-corrected chi connectivity index (χ0v) is 11.9. The van der Waals surface area contributed by atoms with Crippen molar-refractivity contribution in [3.63, 3.8) is 0 Å². The van der Waals surface area contributed by atoms with E-state index in [1.54, 1.807) is 22.6 Å². The molecule has 0 atom stereocenters. The largest absolute Gasteiger partial charge is 0.478 e. The lowest BCUT2D eigenvalue weighted by Gasteiger charge is -2.17. The van der Waals surface area contributed by atoms with Crippen LogP contribution in [-0.2, 0) is 0 Å². The molecule has 1 fully saturated rings. The standard InChI is InChI=1S/C12H10F2INO3/c13-12(14)4-5-16(6-12)10(17)7-2-1-3-8(9(7)15)11(18)19/h1-3H,4-6H2,(H,18,19). The summed E-state index contributed by atoms with van der Waals surface area (Å²) in [6.07, 6.45) is -0.353. The van der Waals surface area contributed by atoms with Gasteiger partial charge in [0.2, 0.25) is 0 Å². The van der Waals surface area contributed by atoms with Gasteiger partial charge in [0, 0.05) is 16.5 Å². The molecule has 102 valence electrons. The second kappa shape index (κ2) is 5.03. The molecular weight excluding hydrogens is 371 g/mol. The molecule has 2 rings (SSSR count). The number of alkyl halides is 2. The molecule has 1 N–H and O–H groups in total. The van der Waals surface area contributed by atoms with Crippen molar-refractivity contribution in [2.75, 3.05) is 13.1 Å². The maximum Gasteiger partial charge on any atom is 0.336 e. The molecule has 0 aromatic heterocycles. The molecule has 0 unspecified atom stereocenters. The molecule has 0 radical (unpaired) electrons. The molecule has 1 aromatic rings. The molecule has 1 saturated heterocycles. The number of amides is 1. The quantitative estimate of drug-likeness (QED) is 0.801. The lowest BCUT2D eigenvalue weighted by molar-refractivity contribution is 0.0120.